The molecule has 1 N–H and O–H groups in total. The number of benzene rings is 1. The van der Waals surface area contributed by atoms with E-state index < -0.39 is 0 Å². The molecule has 28 heavy (non-hydrogen) atoms. The quantitative estimate of drug-likeness (QED) is 0.761. The summed E-state index contributed by atoms with van der Waals surface area (Å²) in [5.41, 5.74) is 0.348. The summed E-state index contributed by atoms with van der Waals surface area (Å²) in [7, 11) is 0. The average Bonchev–Trinajstić information content (AvgIpc) is 3.04. The maximum absolute atomic E-state index is 12.7. The Morgan fingerprint density at radius 2 is 1.79 bits per heavy atom. The zero-order valence-corrected chi connectivity index (χ0v) is 17.7. The molecule has 0 spiro atoms. The Balaban J connectivity index is 1.51. The fraction of sp³-hybridized carbons (Fsp3) is 0.571. The van der Waals surface area contributed by atoms with Crippen molar-refractivity contribution in [2.24, 2.45) is 5.92 Å². The Kier molecular flexibility index (Phi) is 6.03. The average molecular weight is 404 g/mol. The van der Waals surface area contributed by atoms with Crippen LogP contribution in [0.5, 0.6) is 0 Å². The number of carbonyl (C=O) groups is 3. The lowest BCUT2D eigenvalue weighted by Gasteiger charge is -2.33. The minimum Gasteiger partial charge on any atom is -0.353 e. The van der Waals surface area contributed by atoms with Crippen LogP contribution in [0.4, 0.5) is 0 Å². The van der Waals surface area contributed by atoms with E-state index >= 15 is 0 Å². The number of hydrogen-bond donors (Lipinski definition) is 2. The summed E-state index contributed by atoms with van der Waals surface area (Å²) in [5, 5.41) is 3.09. The van der Waals surface area contributed by atoms with Gasteiger partial charge in [-0.15, -0.1) is 12.6 Å². The van der Waals surface area contributed by atoms with Gasteiger partial charge in [0.05, 0.1) is 11.5 Å². The molecule has 0 aliphatic carbocycles. The molecule has 6 nitrogen and oxygen atoms in total. The molecular formula is C21H29N3O3S. The smallest absolute Gasteiger partial charge is 0.254 e. The van der Waals surface area contributed by atoms with Gasteiger partial charge < -0.3 is 15.1 Å². The van der Waals surface area contributed by atoms with Crippen LogP contribution in [-0.2, 0) is 9.59 Å². The van der Waals surface area contributed by atoms with Gasteiger partial charge in [-0.1, -0.05) is 12.1 Å². The minimum atomic E-state index is -0.289. The zero-order chi connectivity index (χ0) is 20.5. The number of nitrogens with one attached hydrogen (secondary N) is 1. The van der Waals surface area contributed by atoms with E-state index in [1.807, 2.05) is 43.9 Å². The number of amides is 3. The molecule has 0 saturated carbocycles. The summed E-state index contributed by atoms with van der Waals surface area (Å²) >= 11 is 4.37. The highest BCUT2D eigenvalue weighted by Crippen LogP contribution is 2.26. The van der Waals surface area contributed by atoms with E-state index in [0.29, 0.717) is 30.1 Å². The Morgan fingerprint density at radius 3 is 2.36 bits per heavy atom. The van der Waals surface area contributed by atoms with Gasteiger partial charge in [-0.05, 0) is 45.7 Å². The second-order valence-electron chi connectivity index (χ2n) is 8.67. The van der Waals surface area contributed by atoms with Gasteiger partial charge in [0.1, 0.15) is 0 Å². The SMILES string of the molecule is CC(C)(C)N1CC(C(=O)NC2CCN(C(=O)c3ccccc3S)CC2)CC1=O. The zero-order valence-electron chi connectivity index (χ0n) is 16.8. The third-order valence-corrected chi connectivity index (χ3v) is 5.96. The summed E-state index contributed by atoms with van der Waals surface area (Å²) in [5.74, 6) is -0.316. The van der Waals surface area contributed by atoms with Crippen molar-refractivity contribution in [1.29, 1.82) is 0 Å². The third-order valence-electron chi connectivity index (χ3n) is 5.57. The standard InChI is InChI=1S/C21H29N3O3S/c1-21(2,3)24-13-14(12-18(24)25)19(26)22-15-8-10-23(11-9-15)20(27)16-6-4-5-7-17(16)28/h4-7,14-15,28H,8-13H2,1-3H3,(H,22,26). The van der Waals surface area contributed by atoms with Crippen molar-refractivity contribution in [3.63, 3.8) is 0 Å². The topological polar surface area (TPSA) is 69.7 Å². The fourth-order valence-corrected chi connectivity index (χ4v) is 4.16. The number of nitrogens with zero attached hydrogens (tertiary/aromatic N) is 2. The van der Waals surface area contributed by atoms with E-state index in [-0.39, 0.29) is 41.6 Å². The van der Waals surface area contributed by atoms with Crippen LogP contribution in [0, 0.1) is 5.92 Å². The van der Waals surface area contributed by atoms with Crippen LogP contribution in [0.15, 0.2) is 29.2 Å². The first-order valence-electron chi connectivity index (χ1n) is 9.85. The normalized spacial score (nSPS) is 21.1. The predicted molar refractivity (Wildman–Crippen MR) is 110 cm³/mol. The van der Waals surface area contributed by atoms with Gasteiger partial charge in [0.2, 0.25) is 11.8 Å². The van der Waals surface area contributed by atoms with Gasteiger partial charge in [0.15, 0.2) is 0 Å². The predicted octanol–water partition coefficient (Wildman–Crippen LogP) is 2.34. The highest BCUT2D eigenvalue weighted by Gasteiger charge is 2.40. The maximum atomic E-state index is 12.7. The van der Waals surface area contributed by atoms with Gasteiger partial charge in [0, 0.05) is 42.5 Å². The molecular weight excluding hydrogens is 374 g/mol. The second-order valence-corrected chi connectivity index (χ2v) is 9.15. The van der Waals surface area contributed by atoms with Crippen molar-refractivity contribution in [3.8, 4) is 0 Å². The van der Waals surface area contributed by atoms with Crippen LogP contribution in [0.3, 0.4) is 0 Å². The molecule has 3 rings (SSSR count). The van der Waals surface area contributed by atoms with Crippen LogP contribution in [0.25, 0.3) is 0 Å². The molecule has 1 atom stereocenters. The fourth-order valence-electron chi connectivity index (χ4n) is 3.90. The summed E-state index contributed by atoms with van der Waals surface area (Å²) in [6.45, 7) is 7.64. The van der Waals surface area contributed by atoms with E-state index in [0.717, 1.165) is 12.8 Å². The Labute approximate surface area is 172 Å². The molecule has 1 unspecified atom stereocenters. The lowest BCUT2D eigenvalue weighted by molar-refractivity contribution is -0.132. The summed E-state index contributed by atoms with van der Waals surface area (Å²) < 4.78 is 0. The Bertz CT molecular complexity index is 766. The molecule has 0 bridgehead atoms. The van der Waals surface area contributed by atoms with Crippen LogP contribution < -0.4 is 5.32 Å². The van der Waals surface area contributed by atoms with Gasteiger partial charge in [0.25, 0.3) is 5.91 Å². The van der Waals surface area contributed by atoms with Gasteiger partial charge in [-0.2, -0.15) is 0 Å². The van der Waals surface area contributed by atoms with Crippen molar-refractivity contribution in [2.45, 2.75) is 56.5 Å². The molecule has 2 fully saturated rings. The second kappa shape index (κ2) is 8.15. The van der Waals surface area contributed by atoms with Gasteiger partial charge in [-0.25, -0.2) is 0 Å². The number of hydrogen-bond acceptors (Lipinski definition) is 4. The van der Waals surface area contributed by atoms with Crippen molar-refractivity contribution in [1.82, 2.24) is 15.1 Å². The molecule has 1 aromatic rings. The highest BCUT2D eigenvalue weighted by molar-refractivity contribution is 7.80. The van der Waals surface area contributed by atoms with Crippen molar-refractivity contribution in [3.05, 3.63) is 29.8 Å². The molecule has 2 heterocycles. The number of piperidine rings is 1. The summed E-state index contributed by atoms with van der Waals surface area (Å²) in [4.78, 5) is 41.8. The summed E-state index contributed by atoms with van der Waals surface area (Å²) in [6.07, 6.45) is 1.71. The Morgan fingerprint density at radius 1 is 1.14 bits per heavy atom. The first kappa shape index (κ1) is 20.7. The summed E-state index contributed by atoms with van der Waals surface area (Å²) in [6, 6.07) is 7.34. The van der Waals surface area contributed by atoms with Crippen LogP contribution in [-0.4, -0.2) is 58.7 Å². The van der Waals surface area contributed by atoms with Crippen LogP contribution in [0.1, 0.15) is 50.4 Å². The van der Waals surface area contributed by atoms with Crippen molar-refractivity contribution in [2.75, 3.05) is 19.6 Å². The van der Waals surface area contributed by atoms with Crippen molar-refractivity contribution >= 4 is 30.4 Å². The molecule has 3 amide bonds. The highest BCUT2D eigenvalue weighted by atomic mass is 32.1. The largest absolute Gasteiger partial charge is 0.353 e. The number of rotatable bonds is 3. The molecule has 1 aromatic carbocycles. The minimum absolute atomic E-state index is 0.0161. The molecule has 2 aliphatic rings. The Hall–Kier alpha value is -2.02. The van der Waals surface area contributed by atoms with E-state index in [9.17, 15) is 14.4 Å². The lowest BCUT2D eigenvalue weighted by atomic mass is 10.0. The van der Waals surface area contributed by atoms with E-state index in [1.165, 1.54) is 0 Å². The molecule has 7 heteroatoms. The molecule has 152 valence electrons. The van der Waals surface area contributed by atoms with Gasteiger partial charge >= 0.3 is 0 Å². The van der Waals surface area contributed by atoms with Crippen LogP contribution >= 0.6 is 12.6 Å². The molecule has 0 radical (unpaired) electrons. The molecule has 0 aromatic heterocycles. The number of likely N-dealkylation sites (tertiary alicyclic amines) is 2. The maximum Gasteiger partial charge on any atom is 0.254 e. The lowest BCUT2D eigenvalue weighted by Crippen LogP contribution is -2.48. The monoisotopic (exact) mass is 403 g/mol. The first-order valence-corrected chi connectivity index (χ1v) is 10.3. The third kappa shape index (κ3) is 4.51. The molecule has 2 aliphatic heterocycles. The van der Waals surface area contributed by atoms with Gasteiger partial charge in [-0.3, -0.25) is 14.4 Å². The van der Waals surface area contributed by atoms with Crippen molar-refractivity contribution < 1.29 is 14.4 Å². The van der Waals surface area contributed by atoms with Crippen LogP contribution in [0.2, 0.25) is 0 Å². The molecule has 2 saturated heterocycles. The van der Waals surface area contributed by atoms with E-state index in [1.54, 1.807) is 11.0 Å². The van der Waals surface area contributed by atoms with E-state index in [4.69, 9.17) is 0 Å². The number of carbonyl (C=O) groups excluding carboxylic acids is 3. The van der Waals surface area contributed by atoms with E-state index in [2.05, 4.69) is 17.9 Å². The first-order chi connectivity index (χ1) is 13.2. The number of thiol groups is 1.